The second-order valence-electron chi connectivity index (χ2n) is 6.14. The molecule has 3 rings (SSSR count). The zero-order valence-corrected chi connectivity index (χ0v) is 16.6. The van der Waals surface area contributed by atoms with Crippen molar-refractivity contribution in [3.05, 3.63) is 69.0 Å². The van der Waals surface area contributed by atoms with Crippen LogP contribution in [0.25, 0.3) is 0 Å². The second kappa shape index (κ2) is 9.09. The molecule has 0 amide bonds. The van der Waals surface area contributed by atoms with Crippen molar-refractivity contribution in [2.45, 2.75) is 0 Å². The fourth-order valence-corrected chi connectivity index (χ4v) is 2.40. The second-order valence-corrected chi connectivity index (χ2v) is 6.55. The van der Waals surface area contributed by atoms with Crippen LogP contribution in [0.15, 0.2) is 47.6 Å². The predicted molar refractivity (Wildman–Crippen MR) is 113 cm³/mol. The molecule has 1 aromatic heterocycles. The maximum atomic E-state index is 13.1. The summed E-state index contributed by atoms with van der Waals surface area (Å²) in [4.78, 5) is 24.8. The van der Waals surface area contributed by atoms with Crippen molar-refractivity contribution in [1.82, 2.24) is 15.0 Å². The lowest BCUT2D eigenvalue weighted by Gasteiger charge is -2.13. The lowest BCUT2D eigenvalue weighted by atomic mass is 10.2. The van der Waals surface area contributed by atoms with Gasteiger partial charge in [0.15, 0.2) is 0 Å². The Hall–Kier alpha value is -3.86. The first-order valence-electron chi connectivity index (χ1n) is 8.51. The zero-order chi connectivity index (χ0) is 21.7. The van der Waals surface area contributed by atoms with Crippen LogP contribution in [0.5, 0.6) is 0 Å². The lowest BCUT2D eigenvalue weighted by molar-refractivity contribution is -0.384. The number of nitro groups is 1. The zero-order valence-electron chi connectivity index (χ0n) is 15.9. The molecular formula is C18H16ClFN8O2. The minimum Gasteiger partial charge on any atom is -0.347 e. The third-order valence-corrected chi connectivity index (χ3v) is 4.03. The molecule has 10 nitrogen and oxygen atoms in total. The Kier molecular flexibility index (Phi) is 6.32. The Bertz CT molecular complexity index is 1090. The smallest absolute Gasteiger partial charge is 0.270 e. The number of hydrogen-bond acceptors (Lipinski definition) is 9. The molecule has 2 N–H and O–H groups in total. The van der Waals surface area contributed by atoms with E-state index in [0.29, 0.717) is 22.2 Å². The number of anilines is 4. The molecule has 0 atom stereocenters. The average Bonchev–Trinajstić information content (AvgIpc) is 2.71. The van der Waals surface area contributed by atoms with E-state index in [4.69, 9.17) is 11.6 Å². The molecule has 1 heterocycles. The minimum atomic E-state index is -0.524. The number of nitrogens with zero attached hydrogens (tertiary/aromatic N) is 6. The van der Waals surface area contributed by atoms with Crippen LogP contribution >= 0.6 is 11.6 Å². The maximum Gasteiger partial charge on any atom is 0.270 e. The van der Waals surface area contributed by atoms with Gasteiger partial charge >= 0.3 is 0 Å². The molecule has 0 aliphatic heterocycles. The normalized spacial score (nSPS) is 10.8. The van der Waals surface area contributed by atoms with Crippen LogP contribution < -0.4 is 15.6 Å². The first-order valence-corrected chi connectivity index (χ1v) is 8.88. The molecule has 0 spiro atoms. The van der Waals surface area contributed by atoms with Gasteiger partial charge in [-0.1, -0.05) is 11.6 Å². The first kappa shape index (κ1) is 20.9. The van der Waals surface area contributed by atoms with Gasteiger partial charge in [-0.05, 0) is 30.3 Å². The molecule has 0 bridgehead atoms. The molecule has 0 unspecified atom stereocenters. The van der Waals surface area contributed by atoms with Gasteiger partial charge in [-0.15, -0.1) is 0 Å². The van der Waals surface area contributed by atoms with Crippen LogP contribution in [0.1, 0.15) is 5.56 Å². The molecule has 0 saturated carbocycles. The Morgan fingerprint density at radius 1 is 1.13 bits per heavy atom. The van der Waals surface area contributed by atoms with Crippen molar-refractivity contribution in [3.8, 4) is 0 Å². The largest absolute Gasteiger partial charge is 0.347 e. The molecule has 0 aliphatic carbocycles. The van der Waals surface area contributed by atoms with Crippen LogP contribution in [0, 0.1) is 15.9 Å². The molecule has 0 fully saturated rings. The van der Waals surface area contributed by atoms with Crippen LogP contribution in [-0.4, -0.2) is 40.2 Å². The number of halogens is 2. The Morgan fingerprint density at radius 3 is 2.50 bits per heavy atom. The van der Waals surface area contributed by atoms with Crippen LogP contribution in [0.4, 0.5) is 33.6 Å². The van der Waals surface area contributed by atoms with Gasteiger partial charge in [0.05, 0.1) is 11.1 Å². The highest BCUT2D eigenvalue weighted by atomic mass is 35.5. The van der Waals surface area contributed by atoms with E-state index in [0.717, 1.165) is 0 Å². The topological polar surface area (TPSA) is 121 Å². The summed E-state index contributed by atoms with van der Waals surface area (Å²) in [6, 6.07) is 9.72. The SMILES string of the molecule is CN(C)c1nc(N/N=C\c2cc([N+](=O)[O-])ccc2Cl)nc(Nc2ccc(F)cc2)n1. The number of non-ortho nitro benzene ring substituents is 1. The van der Waals surface area contributed by atoms with E-state index in [1.54, 1.807) is 31.1 Å². The van der Waals surface area contributed by atoms with E-state index in [1.165, 1.54) is 36.5 Å². The van der Waals surface area contributed by atoms with Gasteiger partial charge < -0.3 is 10.2 Å². The summed E-state index contributed by atoms with van der Waals surface area (Å²) < 4.78 is 13.1. The quantitative estimate of drug-likeness (QED) is 0.329. The molecule has 0 saturated heterocycles. The molecule has 30 heavy (non-hydrogen) atoms. The van der Waals surface area contributed by atoms with E-state index in [9.17, 15) is 14.5 Å². The van der Waals surface area contributed by atoms with Crippen molar-refractivity contribution < 1.29 is 9.31 Å². The third-order valence-electron chi connectivity index (χ3n) is 3.68. The number of rotatable bonds is 7. The van der Waals surface area contributed by atoms with Crippen molar-refractivity contribution in [2.24, 2.45) is 5.10 Å². The number of hydrazone groups is 1. The predicted octanol–water partition coefficient (Wildman–Crippen LogP) is 3.83. The molecule has 154 valence electrons. The lowest BCUT2D eigenvalue weighted by Crippen LogP contribution is -2.15. The number of aromatic nitrogens is 3. The molecule has 0 radical (unpaired) electrons. The minimum absolute atomic E-state index is 0.110. The van der Waals surface area contributed by atoms with Crippen LogP contribution in [0.3, 0.4) is 0 Å². The van der Waals surface area contributed by atoms with Crippen molar-refractivity contribution >= 4 is 47.0 Å². The van der Waals surface area contributed by atoms with E-state index in [-0.39, 0.29) is 23.4 Å². The summed E-state index contributed by atoms with van der Waals surface area (Å²) >= 11 is 6.05. The van der Waals surface area contributed by atoms with E-state index < -0.39 is 4.92 Å². The highest BCUT2D eigenvalue weighted by molar-refractivity contribution is 6.33. The van der Waals surface area contributed by atoms with Gasteiger partial charge in [-0.25, -0.2) is 9.82 Å². The summed E-state index contributed by atoms with van der Waals surface area (Å²) in [5.41, 5.74) is 3.48. The number of hydrogen-bond donors (Lipinski definition) is 2. The number of benzene rings is 2. The van der Waals surface area contributed by atoms with E-state index in [1.807, 2.05) is 0 Å². The number of nitrogens with one attached hydrogen (secondary N) is 2. The van der Waals surface area contributed by atoms with Gasteiger partial charge in [0.2, 0.25) is 17.8 Å². The molecule has 2 aromatic carbocycles. The molecular weight excluding hydrogens is 415 g/mol. The molecule has 0 aliphatic rings. The van der Waals surface area contributed by atoms with E-state index in [2.05, 4.69) is 30.8 Å². The monoisotopic (exact) mass is 430 g/mol. The van der Waals surface area contributed by atoms with Crippen LogP contribution in [0.2, 0.25) is 5.02 Å². The van der Waals surface area contributed by atoms with E-state index >= 15 is 0 Å². The average molecular weight is 431 g/mol. The van der Waals surface area contributed by atoms with Gasteiger partial charge in [-0.2, -0.15) is 20.1 Å². The van der Waals surface area contributed by atoms with Crippen LogP contribution in [-0.2, 0) is 0 Å². The summed E-state index contributed by atoms with van der Waals surface area (Å²) in [6.45, 7) is 0. The standard InChI is InChI=1S/C18H16ClFN8O2/c1-27(2)18-24-16(22-13-5-3-12(20)4-6-13)23-17(25-18)26-21-10-11-9-14(28(29)30)7-8-15(11)19/h3-10H,1-2H3,(H2,22,23,24,25,26)/b21-10-. The molecule has 3 aromatic rings. The van der Waals surface area contributed by atoms with Crippen molar-refractivity contribution in [1.29, 1.82) is 0 Å². The Balaban J connectivity index is 1.82. The summed E-state index contributed by atoms with van der Waals surface area (Å²) in [7, 11) is 3.51. The summed E-state index contributed by atoms with van der Waals surface area (Å²) in [5.74, 6) is 0.324. The van der Waals surface area contributed by atoms with Gasteiger partial charge in [0, 0.05) is 42.5 Å². The van der Waals surface area contributed by atoms with Gasteiger partial charge in [0.25, 0.3) is 5.69 Å². The fraction of sp³-hybridized carbons (Fsp3) is 0.111. The molecule has 12 heteroatoms. The fourth-order valence-electron chi connectivity index (χ4n) is 2.24. The maximum absolute atomic E-state index is 13.1. The van der Waals surface area contributed by atoms with Crippen molar-refractivity contribution in [2.75, 3.05) is 29.7 Å². The summed E-state index contributed by atoms with van der Waals surface area (Å²) in [6.07, 6.45) is 1.32. The number of nitro benzene ring substituents is 1. The van der Waals surface area contributed by atoms with Gasteiger partial charge in [0.1, 0.15) is 5.82 Å². The highest BCUT2D eigenvalue weighted by Gasteiger charge is 2.10. The Labute approximate surface area is 175 Å². The van der Waals surface area contributed by atoms with Crippen molar-refractivity contribution in [3.63, 3.8) is 0 Å². The first-order chi connectivity index (χ1) is 14.3. The highest BCUT2D eigenvalue weighted by Crippen LogP contribution is 2.21. The summed E-state index contributed by atoms with van der Waals surface area (Å²) in [5, 5.41) is 18.2. The third kappa shape index (κ3) is 5.35. The Morgan fingerprint density at radius 2 is 1.83 bits per heavy atom. The van der Waals surface area contributed by atoms with Gasteiger partial charge in [-0.3, -0.25) is 10.1 Å².